The zero-order chi connectivity index (χ0) is 14.1. The van der Waals surface area contributed by atoms with Crippen LogP contribution in [0.3, 0.4) is 0 Å². The van der Waals surface area contributed by atoms with Gasteiger partial charge < -0.3 is 8.85 Å². The molecule has 0 radical (unpaired) electrons. The Morgan fingerprint density at radius 1 is 0.895 bits per heavy atom. The van der Waals surface area contributed by atoms with Crippen LogP contribution in [0.15, 0.2) is 0 Å². The molecule has 19 heavy (non-hydrogen) atoms. The Kier molecular flexibility index (Phi) is 4.79. The highest BCUT2D eigenvalue weighted by atomic mass is 28.4. The van der Waals surface area contributed by atoms with Gasteiger partial charge in [-0.3, -0.25) is 0 Å². The monoisotopic (exact) mass is 284 g/mol. The van der Waals surface area contributed by atoms with Gasteiger partial charge in [-0.05, 0) is 49.9 Å². The Labute approximate surface area is 120 Å². The lowest BCUT2D eigenvalue weighted by molar-refractivity contribution is 0.173. The van der Waals surface area contributed by atoms with Crippen LogP contribution in [0.4, 0.5) is 0 Å². The average Bonchev–Trinajstić information content (AvgIpc) is 2.80. The molecule has 0 N–H and O–H groups in total. The van der Waals surface area contributed by atoms with Gasteiger partial charge in [-0.1, -0.05) is 27.2 Å². The van der Waals surface area contributed by atoms with E-state index in [1.807, 2.05) is 14.2 Å². The van der Waals surface area contributed by atoms with Crippen LogP contribution in [-0.4, -0.2) is 22.8 Å². The minimum atomic E-state index is -2.01. The van der Waals surface area contributed by atoms with Gasteiger partial charge in [0.15, 0.2) is 0 Å². The lowest BCUT2D eigenvalue weighted by atomic mass is 9.77. The largest absolute Gasteiger partial charge is 0.397 e. The van der Waals surface area contributed by atoms with Gasteiger partial charge in [0, 0.05) is 25.3 Å². The predicted octanol–water partition coefficient (Wildman–Crippen LogP) is 4.88. The van der Waals surface area contributed by atoms with Gasteiger partial charge in [-0.15, -0.1) is 0 Å². The van der Waals surface area contributed by atoms with Crippen LogP contribution in [0.1, 0.15) is 65.7 Å². The van der Waals surface area contributed by atoms with Gasteiger partial charge in [-0.2, -0.15) is 0 Å². The second kappa shape index (κ2) is 5.86. The Bertz CT molecular complexity index is 289. The number of rotatable bonds is 4. The summed E-state index contributed by atoms with van der Waals surface area (Å²) in [4.78, 5) is 0. The molecule has 0 amide bonds. The number of hydrogen-bond acceptors (Lipinski definition) is 2. The molecule has 2 saturated carbocycles. The molecule has 3 heteroatoms. The molecule has 2 nitrogen and oxygen atoms in total. The van der Waals surface area contributed by atoms with Gasteiger partial charge in [0.25, 0.3) is 0 Å². The fourth-order valence-electron chi connectivity index (χ4n) is 4.46. The molecule has 2 aliphatic carbocycles. The van der Waals surface area contributed by atoms with Crippen LogP contribution in [0.2, 0.25) is 11.1 Å². The summed E-state index contributed by atoms with van der Waals surface area (Å²) < 4.78 is 12.3. The second-order valence-electron chi connectivity index (χ2n) is 7.68. The van der Waals surface area contributed by atoms with E-state index in [1.54, 1.807) is 0 Å². The topological polar surface area (TPSA) is 18.5 Å². The third kappa shape index (κ3) is 3.08. The Morgan fingerprint density at radius 3 is 1.89 bits per heavy atom. The van der Waals surface area contributed by atoms with Crippen LogP contribution in [0.25, 0.3) is 0 Å². The van der Waals surface area contributed by atoms with E-state index in [0.717, 1.165) is 11.5 Å². The highest BCUT2D eigenvalue weighted by Crippen LogP contribution is 2.53. The first-order valence-corrected chi connectivity index (χ1v) is 10.0. The summed E-state index contributed by atoms with van der Waals surface area (Å²) >= 11 is 0. The molecular formula is C16H32O2Si. The zero-order valence-corrected chi connectivity index (χ0v) is 14.5. The lowest BCUT2D eigenvalue weighted by Gasteiger charge is -2.44. The highest BCUT2D eigenvalue weighted by molar-refractivity contribution is 6.70. The summed E-state index contributed by atoms with van der Waals surface area (Å²) in [5, 5.41) is 0. The van der Waals surface area contributed by atoms with Crippen molar-refractivity contribution in [3.8, 4) is 0 Å². The lowest BCUT2D eigenvalue weighted by Crippen LogP contribution is -2.50. The van der Waals surface area contributed by atoms with Gasteiger partial charge in [-0.25, -0.2) is 0 Å². The summed E-state index contributed by atoms with van der Waals surface area (Å²) in [6, 6.07) is 0. The fraction of sp³-hybridized carbons (Fsp3) is 1.00. The van der Waals surface area contributed by atoms with Gasteiger partial charge in [0.2, 0.25) is 0 Å². The molecule has 0 aliphatic heterocycles. The first-order valence-electron chi connectivity index (χ1n) is 8.04. The van der Waals surface area contributed by atoms with E-state index < -0.39 is 8.56 Å². The van der Waals surface area contributed by atoms with Crippen molar-refractivity contribution in [2.45, 2.75) is 76.8 Å². The Hall–Kier alpha value is 0.137. The maximum atomic E-state index is 6.14. The van der Waals surface area contributed by atoms with Gasteiger partial charge in [0.05, 0.1) is 0 Å². The average molecular weight is 285 g/mol. The minimum Gasteiger partial charge on any atom is -0.397 e. The summed E-state index contributed by atoms with van der Waals surface area (Å²) in [5.41, 5.74) is 1.97. The Morgan fingerprint density at radius 2 is 1.47 bits per heavy atom. The molecule has 0 aromatic carbocycles. The molecule has 2 rings (SSSR count). The van der Waals surface area contributed by atoms with Crippen molar-refractivity contribution >= 4 is 8.56 Å². The van der Waals surface area contributed by atoms with Crippen LogP contribution in [0, 0.1) is 11.3 Å². The molecule has 2 unspecified atom stereocenters. The van der Waals surface area contributed by atoms with E-state index in [9.17, 15) is 0 Å². The molecule has 112 valence electrons. The van der Waals surface area contributed by atoms with Crippen molar-refractivity contribution < 1.29 is 8.85 Å². The molecular weight excluding hydrogens is 252 g/mol. The van der Waals surface area contributed by atoms with Gasteiger partial charge >= 0.3 is 8.56 Å². The molecule has 0 aromatic rings. The molecule has 2 fully saturated rings. The third-order valence-electron chi connectivity index (χ3n) is 5.81. The van der Waals surface area contributed by atoms with Crippen LogP contribution in [-0.2, 0) is 8.85 Å². The molecule has 2 aliphatic rings. The number of hydrogen-bond donors (Lipinski definition) is 0. The standard InChI is InChI=1S/C16H32O2Si/c1-13-6-7-15(12-13)19(17-4,18-5)14-8-10-16(2,3)11-9-14/h13-15H,6-12H2,1-5H3. The molecule has 0 saturated heterocycles. The predicted molar refractivity (Wildman–Crippen MR) is 82.5 cm³/mol. The van der Waals surface area contributed by atoms with E-state index in [-0.39, 0.29) is 0 Å². The Balaban J connectivity index is 2.11. The second-order valence-corrected chi connectivity index (χ2v) is 11.6. The van der Waals surface area contributed by atoms with E-state index in [1.165, 1.54) is 44.9 Å². The molecule has 0 spiro atoms. The van der Waals surface area contributed by atoms with E-state index in [4.69, 9.17) is 8.85 Å². The van der Waals surface area contributed by atoms with E-state index in [0.29, 0.717) is 11.0 Å². The molecule has 0 heterocycles. The highest BCUT2D eigenvalue weighted by Gasteiger charge is 2.53. The fourth-order valence-corrected chi connectivity index (χ4v) is 9.02. The quantitative estimate of drug-likeness (QED) is 0.685. The van der Waals surface area contributed by atoms with E-state index in [2.05, 4.69) is 20.8 Å². The zero-order valence-electron chi connectivity index (χ0n) is 13.5. The SMILES string of the molecule is CO[Si](OC)(C1CCC(C)(C)CC1)C1CCC(C)C1. The summed E-state index contributed by atoms with van der Waals surface area (Å²) in [6.07, 6.45) is 9.31. The summed E-state index contributed by atoms with van der Waals surface area (Å²) in [5.74, 6) is 0.863. The molecule has 0 bridgehead atoms. The summed E-state index contributed by atoms with van der Waals surface area (Å²) in [7, 11) is 1.82. The van der Waals surface area contributed by atoms with E-state index >= 15 is 0 Å². The summed E-state index contributed by atoms with van der Waals surface area (Å²) in [6.45, 7) is 7.20. The normalized spacial score (nSPS) is 32.7. The van der Waals surface area contributed by atoms with Crippen molar-refractivity contribution in [1.29, 1.82) is 0 Å². The molecule has 2 atom stereocenters. The van der Waals surface area contributed by atoms with Crippen LogP contribution >= 0.6 is 0 Å². The first-order chi connectivity index (χ1) is 8.93. The van der Waals surface area contributed by atoms with Crippen LogP contribution < -0.4 is 0 Å². The third-order valence-corrected chi connectivity index (χ3v) is 10.5. The van der Waals surface area contributed by atoms with Crippen molar-refractivity contribution in [2.24, 2.45) is 11.3 Å². The van der Waals surface area contributed by atoms with Crippen molar-refractivity contribution in [3.63, 3.8) is 0 Å². The minimum absolute atomic E-state index is 0.529. The van der Waals surface area contributed by atoms with Crippen molar-refractivity contribution in [1.82, 2.24) is 0 Å². The molecule has 0 aromatic heterocycles. The van der Waals surface area contributed by atoms with Crippen molar-refractivity contribution in [2.75, 3.05) is 14.2 Å². The maximum Gasteiger partial charge on any atom is 0.344 e. The van der Waals surface area contributed by atoms with Gasteiger partial charge in [0.1, 0.15) is 0 Å². The van der Waals surface area contributed by atoms with Crippen molar-refractivity contribution in [3.05, 3.63) is 0 Å². The van der Waals surface area contributed by atoms with Crippen LogP contribution in [0.5, 0.6) is 0 Å². The smallest absolute Gasteiger partial charge is 0.344 e. The maximum absolute atomic E-state index is 6.14. The first kappa shape index (κ1) is 15.5.